The lowest BCUT2D eigenvalue weighted by Gasteiger charge is -2.12. The second-order valence-corrected chi connectivity index (χ2v) is 3.38. The monoisotopic (exact) mass is 194 g/mol. The van der Waals surface area contributed by atoms with Crippen LogP contribution < -0.4 is 0 Å². The highest BCUT2D eigenvalue weighted by atomic mass is 19.1. The lowest BCUT2D eigenvalue weighted by atomic mass is 10.00. The van der Waals surface area contributed by atoms with Crippen molar-refractivity contribution in [1.29, 1.82) is 0 Å². The molecule has 1 nitrogen and oxygen atoms in total. The van der Waals surface area contributed by atoms with Crippen molar-refractivity contribution in [2.75, 3.05) is 0 Å². The summed E-state index contributed by atoms with van der Waals surface area (Å²) in [7, 11) is 0. The topological polar surface area (TPSA) is 20.2 Å². The van der Waals surface area contributed by atoms with Gasteiger partial charge in [0.15, 0.2) is 0 Å². The fraction of sp³-hybridized carbons (Fsp3) is 0.333. The van der Waals surface area contributed by atoms with E-state index in [1.165, 1.54) is 12.1 Å². The van der Waals surface area contributed by atoms with Gasteiger partial charge in [0.2, 0.25) is 0 Å². The molecule has 0 bridgehead atoms. The Morgan fingerprint density at radius 3 is 2.86 bits per heavy atom. The summed E-state index contributed by atoms with van der Waals surface area (Å²) < 4.78 is 12.8. The van der Waals surface area contributed by atoms with E-state index >= 15 is 0 Å². The van der Waals surface area contributed by atoms with E-state index in [9.17, 15) is 9.50 Å². The Hall–Kier alpha value is -1.15. The highest BCUT2D eigenvalue weighted by Gasteiger charge is 2.09. The molecule has 1 aromatic rings. The van der Waals surface area contributed by atoms with Gasteiger partial charge in [0, 0.05) is 0 Å². The molecule has 0 heterocycles. The predicted octanol–water partition coefficient (Wildman–Crippen LogP) is 3.13. The van der Waals surface area contributed by atoms with Crippen LogP contribution in [0, 0.1) is 12.7 Å². The number of aliphatic hydroxyl groups is 1. The molecule has 0 fully saturated rings. The van der Waals surface area contributed by atoms with Crippen LogP contribution in [-0.4, -0.2) is 5.11 Å². The molecule has 0 aliphatic rings. The van der Waals surface area contributed by atoms with Crippen molar-refractivity contribution in [3.05, 3.63) is 47.8 Å². The van der Waals surface area contributed by atoms with E-state index in [1.54, 1.807) is 19.1 Å². The lowest BCUT2D eigenvalue weighted by Crippen LogP contribution is -1.99. The van der Waals surface area contributed by atoms with Crippen molar-refractivity contribution >= 4 is 0 Å². The molecule has 0 spiro atoms. The van der Waals surface area contributed by atoms with Crippen LogP contribution in [0.5, 0.6) is 0 Å². The van der Waals surface area contributed by atoms with Crippen molar-refractivity contribution in [3.63, 3.8) is 0 Å². The van der Waals surface area contributed by atoms with Crippen LogP contribution >= 0.6 is 0 Å². The molecule has 76 valence electrons. The SMILES string of the molecule is C=CCCC(O)c1ccc(F)cc1C. The van der Waals surface area contributed by atoms with Crippen molar-refractivity contribution in [1.82, 2.24) is 0 Å². The first kappa shape index (κ1) is 10.9. The van der Waals surface area contributed by atoms with Gasteiger partial charge in [-0.1, -0.05) is 12.1 Å². The molecule has 0 saturated heterocycles. The molecule has 0 radical (unpaired) electrons. The quantitative estimate of drug-likeness (QED) is 0.730. The van der Waals surface area contributed by atoms with E-state index in [4.69, 9.17) is 0 Å². The fourth-order valence-corrected chi connectivity index (χ4v) is 1.44. The second-order valence-electron chi connectivity index (χ2n) is 3.38. The largest absolute Gasteiger partial charge is 0.388 e. The van der Waals surface area contributed by atoms with E-state index in [-0.39, 0.29) is 5.82 Å². The fourth-order valence-electron chi connectivity index (χ4n) is 1.44. The number of halogens is 1. The van der Waals surface area contributed by atoms with Gasteiger partial charge in [-0.25, -0.2) is 4.39 Å². The normalized spacial score (nSPS) is 12.5. The minimum Gasteiger partial charge on any atom is -0.388 e. The summed E-state index contributed by atoms with van der Waals surface area (Å²) in [6.45, 7) is 5.39. The second kappa shape index (κ2) is 4.91. The summed E-state index contributed by atoms with van der Waals surface area (Å²) in [5.41, 5.74) is 1.59. The molecule has 1 aromatic carbocycles. The molecule has 1 atom stereocenters. The van der Waals surface area contributed by atoms with Crippen LogP contribution in [0.3, 0.4) is 0 Å². The third-order valence-corrected chi connectivity index (χ3v) is 2.24. The van der Waals surface area contributed by atoms with Crippen LogP contribution in [-0.2, 0) is 0 Å². The summed E-state index contributed by atoms with van der Waals surface area (Å²) in [6, 6.07) is 4.45. The molecule has 1 N–H and O–H groups in total. The van der Waals surface area contributed by atoms with Crippen LogP contribution in [0.15, 0.2) is 30.9 Å². The molecule has 1 unspecified atom stereocenters. The van der Waals surface area contributed by atoms with E-state index < -0.39 is 6.10 Å². The first-order valence-corrected chi connectivity index (χ1v) is 4.70. The zero-order chi connectivity index (χ0) is 10.6. The van der Waals surface area contributed by atoms with Gasteiger partial charge in [0.05, 0.1) is 6.10 Å². The van der Waals surface area contributed by atoms with E-state index in [2.05, 4.69) is 6.58 Å². The molecule has 2 heteroatoms. The number of allylic oxidation sites excluding steroid dienone is 1. The molecular formula is C12H15FO. The summed E-state index contributed by atoms with van der Waals surface area (Å²) in [5.74, 6) is -0.262. The number of rotatable bonds is 4. The maximum atomic E-state index is 12.8. The maximum absolute atomic E-state index is 12.8. The van der Waals surface area contributed by atoms with Crippen LogP contribution in [0.25, 0.3) is 0 Å². The Morgan fingerprint density at radius 1 is 1.57 bits per heavy atom. The Labute approximate surface area is 83.9 Å². The number of aryl methyl sites for hydroxylation is 1. The van der Waals surface area contributed by atoms with Crippen molar-refractivity contribution in [2.45, 2.75) is 25.9 Å². The van der Waals surface area contributed by atoms with Gasteiger partial charge in [-0.3, -0.25) is 0 Å². The maximum Gasteiger partial charge on any atom is 0.123 e. The van der Waals surface area contributed by atoms with Gasteiger partial charge >= 0.3 is 0 Å². The molecule has 14 heavy (non-hydrogen) atoms. The van der Waals surface area contributed by atoms with Crippen molar-refractivity contribution < 1.29 is 9.50 Å². The summed E-state index contributed by atoms with van der Waals surface area (Å²) in [5, 5.41) is 9.75. The standard InChI is InChI=1S/C12H15FO/c1-3-4-5-12(14)11-7-6-10(13)8-9(11)2/h3,6-8,12,14H,1,4-5H2,2H3. The Bertz CT molecular complexity index is 320. The van der Waals surface area contributed by atoms with Crippen molar-refractivity contribution in [2.24, 2.45) is 0 Å². The highest BCUT2D eigenvalue weighted by Crippen LogP contribution is 2.22. The minimum absolute atomic E-state index is 0.262. The zero-order valence-corrected chi connectivity index (χ0v) is 8.33. The molecule has 0 saturated carbocycles. The Morgan fingerprint density at radius 2 is 2.29 bits per heavy atom. The third kappa shape index (κ3) is 2.67. The number of hydrogen-bond acceptors (Lipinski definition) is 1. The van der Waals surface area contributed by atoms with Crippen LogP contribution in [0.2, 0.25) is 0 Å². The van der Waals surface area contributed by atoms with Crippen LogP contribution in [0.1, 0.15) is 30.1 Å². The Balaban J connectivity index is 2.78. The van der Waals surface area contributed by atoms with Gasteiger partial charge in [-0.15, -0.1) is 6.58 Å². The number of aliphatic hydroxyl groups excluding tert-OH is 1. The summed E-state index contributed by atoms with van der Waals surface area (Å²) >= 11 is 0. The van der Waals surface area contributed by atoms with Crippen LogP contribution in [0.4, 0.5) is 4.39 Å². The van der Waals surface area contributed by atoms with Gasteiger partial charge in [-0.05, 0) is 43.0 Å². The first-order valence-electron chi connectivity index (χ1n) is 4.70. The molecule has 0 amide bonds. The molecule has 0 aliphatic heterocycles. The lowest BCUT2D eigenvalue weighted by molar-refractivity contribution is 0.168. The third-order valence-electron chi connectivity index (χ3n) is 2.24. The first-order chi connectivity index (χ1) is 6.65. The highest BCUT2D eigenvalue weighted by molar-refractivity contribution is 5.28. The average molecular weight is 194 g/mol. The Kier molecular flexibility index (Phi) is 3.84. The van der Waals surface area contributed by atoms with E-state index in [0.717, 1.165) is 17.5 Å². The average Bonchev–Trinajstić information content (AvgIpc) is 2.14. The summed E-state index contributed by atoms with van der Waals surface area (Å²) in [6.07, 6.45) is 2.64. The van der Waals surface area contributed by atoms with Gasteiger partial charge in [0.1, 0.15) is 5.82 Å². The smallest absolute Gasteiger partial charge is 0.123 e. The predicted molar refractivity (Wildman–Crippen MR) is 55.5 cm³/mol. The number of hydrogen-bond donors (Lipinski definition) is 1. The molecular weight excluding hydrogens is 179 g/mol. The van der Waals surface area contributed by atoms with E-state index in [1.807, 2.05) is 0 Å². The van der Waals surface area contributed by atoms with Gasteiger partial charge in [0.25, 0.3) is 0 Å². The van der Waals surface area contributed by atoms with E-state index in [0.29, 0.717) is 6.42 Å². The molecule has 1 rings (SSSR count). The van der Waals surface area contributed by atoms with Crippen molar-refractivity contribution in [3.8, 4) is 0 Å². The molecule has 0 aliphatic carbocycles. The summed E-state index contributed by atoms with van der Waals surface area (Å²) in [4.78, 5) is 0. The molecule has 0 aromatic heterocycles. The zero-order valence-electron chi connectivity index (χ0n) is 8.33. The minimum atomic E-state index is -0.520. The number of benzene rings is 1. The van der Waals surface area contributed by atoms with Gasteiger partial charge in [-0.2, -0.15) is 0 Å². The van der Waals surface area contributed by atoms with Gasteiger partial charge < -0.3 is 5.11 Å².